The van der Waals surface area contributed by atoms with Crippen LogP contribution in [0.5, 0.6) is 0 Å². The molecule has 1 saturated heterocycles. The van der Waals surface area contributed by atoms with E-state index >= 15 is 0 Å². The van der Waals surface area contributed by atoms with Gasteiger partial charge < -0.3 is 18.0 Å². The SMILES string of the molecule is C=CCC(O[Si](C)(C)C(C)(C)C)[C@H]1O[C@@H](n2cnc3c(=O)[nH]c(-n4cc(-c5ccccc5)nn4)nc32)[C@H](O[Si](C)(C)C(C)(C)C)[C@@H]1O[Si](C)(C)C(C)(C)C. The summed E-state index contributed by atoms with van der Waals surface area (Å²) in [5.74, 6) is 0.209. The minimum atomic E-state index is -2.46. The second-order valence-electron chi connectivity index (χ2n) is 19.2. The molecule has 0 aliphatic carbocycles. The maximum absolute atomic E-state index is 13.6. The van der Waals surface area contributed by atoms with Crippen LogP contribution in [0.25, 0.3) is 28.4 Å². The van der Waals surface area contributed by atoms with Gasteiger partial charge in [0.2, 0.25) is 5.95 Å². The van der Waals surface area contributed by atoms with E-state index in [2.05, 4.69) is 128 Å². The summed E-state index contributed by atoms with van der Waals surface area (Å²) < 4.78 is 32.6. The van der Waals surface area contributed by atoms with Crippen molar-refractivity contribution in [2.24, 2.45) is 0 Å². The molecule has 1 fully saturated rings. The fourth-order valence-corrected chi connectivity index (χ4v) is 9.70. The number of H-pyrrole nitrogens is 1. The topological polar surface area (TPSA) is 131 Å². The molecule has 0 saturated carbocycles. The van der Waals surface area contributed by atoms with Gasteiger partial charge in [-0.2, -0.15) is 9.67 Å². The lowest BCUT2D eigenvalue weighted by Crippen LogP contribution is -2.56. The number of aromatic nitrogens is 7. The molecular weight excluding hydrogens is 731 g/mol. The van der Waals surface area contributed by atoms with E-state index in [1.54, 1.807) is 12.5 Å². The van der Waals surface area contributed by atoms with Gasteiger partial charge >= 0.3 is 0 Å². The highest BCUT2D eigenvalue weighted by atomic mass is 28.4. The molecule has 0 radical (unpaired) electrons. The number of fused-ring (bicyclic) bond motifs is 1. The van der Waals surface area contributed by atoms with E-state index in [-0.39, 0.29) is 32.7 Å². The Kier molecular flexibility index (Phi) is 11.5. The van der Waals surface area contributed by atoms with Gasteiger partial charge in [-0.25, -0.2) is 4.98 Å². The number of imidazole rings is 1. The van der Waals surface area contributed by atoms with E-state index < -0.39 is 55.1 Å². The first-order valence-electron chi connectivity index (χ1n) is 19.0. The second-order valence-corrected chi connectivity index (χ2v) is 33.5. The fourth-order valence-electron chi connectivity index (χ4n) is 5.77. The van der Waals surface area contributed by atoms with Crippen LogP contribution < -0.4 is 5.56 Å². The lowest BCUT2D eigenvalue weighted by Gasteiger charge is -2.45. The van der Waals surface area contributed by atoms with Gasteiger partial charge in [0.15, 0.2) is 42.3 Å². The van der Waals surface area contributed by atoms with E-state index in [0.29, 0.717) is 17.8 Å². The molecule has 0 bridgehead atoms. The van der Waals surface area contributed by atoms with E-state index in [0.717, 1.165) is 5.56 Å². The van der Waals surface area contributed by atoms with Crippen molar-refractivity contribution in [3.8, 4) is 17.2 Å². The van der Waals surface area contributed by atoms with Crippen LogP contribution >= 0.6 is 0 Å². The van der Waals surface area contributed by atoms with Crippen LogP contribution in [0.1, 0.15) is 75.0 Å². The Morgan fingerprint density at radius 1 is 0.889 bits per heavy atom. The first-order chi connectivity index (χ1) is 24.8. The molecule has 5 atom stereocenters. The molecular formula is C39H63N7O5Si3. The van der Waals surface area contributed by atoms with Crippen LogP contribution in [-0.2, 0) is 18.0 Å². The Labute approximate surface area is 324 Å². The molecule has 1 aliphatic rings. The van der Waals surface area contributed by atoms with Crippen LogP contribution in [0.3, 0.4) is 0 Å². The highest BCUT2D eigenvalue weighted by Gasteiger charge is 2.57. The first kappa shape index (κ1) is 42.1. The standard InChI is InChI=1S/C39H63N7O5Si3/c1-17-21-28(49-52(11,12)37(2,3)4)30-31(50-53(13,14)38(5,6)7)32(51-54(15,16)39(8,9)10)35(48-30)45-25-40-29-33(45)41-36(42-34(29)47)46-24-27(43-44-46)26-22-19-18-20-23-26/h17-20,22-25,28,30-32,35H,1,21H2,2-16H3,(H,41,42,47)/t28?,30-,31-,32-,35-/m1/s1. The highest BCUT2D eigenvalue weighted by molar-refractivity contribution is 6.75. The lowest BCUT2D eigenvalue weighted by atomic mass is 10.0. The maximum atomic E-state index is 13.6. The van der Waals surface area contributed by atoms with Crippen molar-refractivity contribution in [2.45, 2.75) is 154 Å². The molecule has 12 nitrogen and oxygen atoms in total. The molecule has 296 valence electrons. The van der Waals surface area contributed by atoms with Gasteiger partial charge in [-0.05, 0) is 60.8 Å². The Bertz CT molecular complexity index is 1990. The number of aromatic amines is 1. The van der Waals surface area contributed by atoms with Crippen molar-refractivity contribution in [3.63, 3.8) is 0 Å². The number of hydrogen-bond acceptors (Lipinski definition) is 9. The van der Waals surface area contributed by atoms with Gasteiger partial charge in [-0.15, -0.1) is 11.7 Å². The fraction of sp³-hybridized carbons (Fsp3) is 0.615. The van der Waals surface area contributed by atoms with Gasteiger partial charge in [0.05, 0.1) is 18.6 Å². The highest BCUT2D eigenvalue weighted by Crippen LogP contribution is 2.48. The molecule has 1 N–H and O–H groups in total. The molecule has 4 aromatic rings. The Balaban J connectivity index is 1.70. The summed E-state index contributed by atoms with van der Waals surface area (Å²) in [5.41, 5.74) is 1.67. The van der Waals surface area contributed by atoms with Gasteiger partial charge in [-0.3, -0.25) is 14.3 Å². The summed E-state index contributed by atoms with van der Waals surface area (Å²) in [5, 5.41) is 8.42. The molecule has 1 unspecified atom stereocenters. The van der Waals surface area contributed by atoms with E-state index in [1.165, 1.54) is 4.68 Å². The summed E-state index contributed by atoms with van der Waals surface area (Å²) >= 11 is 0. The predicted octanol–water partition coefficient (Wildman–Crippen LogP) is 9.01. The van der Waals surface area contributed by atoms with Gasteiger partial charge in [0, 0.05) is 5.56 Å². The van der Waals surface area contributed by atoms with Crippen molar-refractivity contribution >= 4 is 36.1 Å². The molecule has 3 aromatic heterocycles. The molecule has 54 heavy (non-hydrogen) atoms. The molecule has 15 heteroatoms. The first-order valence-corrected chi connectivity index (χ1v) is 27.8. The second kappa shape index (κ2) is 14.8. The average Bonchev–Trinajstić information content (AvgIpc) is 3.78. The Hall–Kier alpha value is -3.06. The Morgan fingerprint density at radius 2 is 1.46 bits per heavy atom. The average molecular weight is 794 g/mol. The number of benzene rings is 1. The quantitative estimate of drug-likeness (QED) is 0.110. The van der Waals surface area contributed by atoms with Crippen molar-refractivity contribution in [2.75, 3.05) is 0 Å². The Morgan fingerprint density at radius 3 is 2.02 bits per heavy atom. The van der Waals surface area contributed by atoms with E-state index in [1.807, 2.05) is 41.0 Å². The zero-order valence-electron chi connectivity index (χ0n) is 35.1. The van der Waals surface area contributed by atoms with Crippen molar-refractivity contribution in [1.82, 2.24) is 34.5 Å². The third-order valence-electron chi connectivity index (χ3n) is 12.2. The van der Waals surface area contributed by atoms with E-state index in [9.17, 15) is 4.79 Å². The van der Waals surface area contributed by atoms with E-state index in [4.69, 9.17) is 23.0 Å². The smallest absolute Gasteiger partial charge is 0.280 e. The summed E-state index contributed by atoms with van der Waals surface area (Å²) in [6.45, 7) is 37.8. The minimum Gasteiger partial charge on any atom is -0.411 e. The van der Waals surface area contributed by atoms with Gasteiger partial charge in [0.25, 0.3) is 5.56 Å². The van der Waals surface area contributed by atoms with Crippen LogP contribution in [0.2, 0.25) is 54.4 Å². The summed E-state index contributed by atoms with van der Waals surface area (Å²) in [7, 11) is -7.18. The van der Waals surface area contributed by atoms with Gasteiger partial charge in [0.1, 0.15) is 24.0 Å². The largest absolute Gasteiger partial charge is 0.411 e. The monoisotopic (exact) mass is 793 g/mol. The molecule has 5 rings (SSSR count). The number of ether oxygens (including phenoxy) is 1. The molecule has 0 spiro atoms. The maximum Gasteiger partial charge on any atom is 0.280 e. The molecule has 1 aromatic carbocycles. The van der Waals surface area contributed by atoms with Crippen molar-refractivity contribution < 1.29 is 18.0 Å². The van der Waals surface area contributed by atoms with Crippen molar-refractivity contribution in [1.29, 1.82) is 0 Å². The van der Waals surface area contributed by atoms with Crippen LogP contribution in [-0.4, -0.2) is 83.9 Å². The van der Waals surface area contributed by atoms with Gasteiger partial charge in [-0.1, -0.05) is 104 Å². The zero-order chi connectivity index (χ0) is 40.2. The third kappa shape index (κ3) is 8.37. The number of rotatable bonds is 12. The van der Waals surface area contributed by atoms with Crippen LogP contribution in [0.4, 0.5) is 0 Å². The third-order valence-corrected chi connectivity index (χ3v) is 25.6. The normalized spacial score (nSPS) is 21.2. The molecule has 4 heterocycles. The minimum absolute atomic E-state index is 0.0408. The molecule has 0 amide bonds. The van der Waals surface area contributed by atoms with Crippen molar-refractivity contribution in [3.05, 3.63) is 65.9 Å². The predicted molar refractivity (Wildman–Crippen MR) is 223 cm³/mol. The summed E-state index contributed by atoms with van der Waals surface area (Å²) in [6, 6.07) is 9.73. The van der Waals surface area contributed by atoms with Crippen LogP contribution in [0, 0.1) is 0 Å². The number of nitrogens with one attached hydrogen (secondary N) is 1. The number of hydrogen-bond donors (Lipinski definition) is 1. The zero-order valence-corrected chi connectivity index (χ0v) is 38.1. The summed E-state index contributed by atoms with van der Waals surface area (Å²) in [4.78, 5) is 26.0. The molecule has 1 aliphatic heterocycles. The summed E-state index contributed by atoms with van der Waals surface area (Å²) in [6.07, 6.45) is 3.16. The lowest BCUT2D eigenvalue weighted by molar-refractivity contribution is -0.0762. The number of nitrogens with zero attached hydrogens (tertiary/aromatic N) is 6. The van der Waals surface area contributed by atoms with Crippen LogP contribution in [0.15, 0.2) is 60.3 Å².